The maximum absolute atomic E-state index is 13.2. The SMILES string of the molecule is CCN1CCN(C(=O)c2sc3ncccc3c2-n2cccc2)CC1. The van der Waals surface area contributed by atoms with Crippen molar-refractivity contribution in [3.8, 4) is 5.69 Å². The first-order chi connectivity index (χ1) is 11.8. The summed E-state index contributed by atoms with van der Waals surface area (Å²) in [6, 6.07) is 7.93. The Morgan fingerprint density at radius 3 is 2.62 bits per heavy atom. The van der Waals surface area contributed by atoms with Gasteiger partial charge in [-0.25, -0.2) is 4.98 Å². The van der Waals surface area contributed by atoms with Crippen LogP contribution in [0.1, 0.15) is 16.6 Å². The maximum Gasteiger partial charge on any atom is 0.266 e. The van der Waals surface area contributed by atoms with Crippen molar-refractivity contribution < 1.29 is 4.79 Å². The van der Waals surface area contributed by atoms with Crippen LogP contribution in [-0.2, 0) is 0 Å². The third-order valence-electron chi connectivity index (χ3n) is 4.60. The molecule has 5 nitrogen and oxygen atoms in total. The number of rotatable bonds is 3. The second-order valence-electron chi connectivity index (χ2n) is 5.95. The van der Waals surface area contributed by atoms with Gasteiger partial charge in [-0.3, -0.25) is 4.79 Å². The molecule has 0 unspecified atom stereocenters. The second-order valence-corrected chi connectivity index (χ2v) is 6.95. The van der Waals surface area contributed by atoms with Crippen molar-refractivity contribution in [2.75, 3.05) is 32.7 Å². The Hall–Kier alpha value is -2.18. The molecule has 4 rings (SSSR count). The molecule has 0 bridgehead atoms. The molecule has 3 aromatic heterocycles. The fraction of sp³-hybridized carbons (Fsp3) is 0.333. The molecule has 1 amide bonds. The highest BCUT2D eigenvalue weighted by Crippen LogP contribution is 2.34. The van der Waals surface area contributed by atoms with Crippen LogP contribution < -0.4 is 0 Å². The predicted molar refractivity (Wildman–Crippen MR) is 97.0 cm³/mol. The van der Waals surface area contributed by atoms with Gasteiger partial charge in [0.15, 0.2) is 0 Å². The van der Waals surface area contributed by atoms with Gasteiger partial charge in [0.05, 0.1) is 5.69 Å². The van der Waals surface area contributed by atoms with Crippen LogP contribution in [0, 0.1) is 0 Å². The lowest BCUT2D eigenvalue weighted by Gasteiger charge is -2.34. The summed E-state index contributed by atoms with van der Waals surface area (Å²) in [5.41, 5.74) is 0.955. The van der Waals surface area contributed by atoms with Gasteiger partial charge < -0.3 is 14.4 Å². The van der Waals surface area contributed by atoms with E-state index < -0.39 is 0 Å². The van der Waals surface area contributed by atoms with Crippen molar-refractivity contribution in [1.82, 2.24) is 19.4 Å². The number of carbonyl (C=O) groups is 1. The highest BCUT2D eigenvalue weighted by molar-refractivity contribution is 7.21. The van der Waals surface area contributed by atoms with Crippen molar-refractivity contribution >= 4 is 27.5 Å². The number of hydrogen-bond donors (Lipinski definition) is 0. The van der Waals surface area contributed by atoms with E-state index in [1.807, 2.05) is 46.1 Å². The molecular weight excluding hydrogens is 320 g/mol. The van der Waals surface area contributed by atoms with Gasteiger partial charge in [0.2, 0.25) is 0 Å². The van der Waals surface area contributed by atoms with Crippen LogP contribution in [0.2, 0.25) is 0 Å². The molecule has 0 radical (unpaired) electrons. The summed E-state index contributed by atoms with van der Waals surface area (Å²) in [4.78, 5) is 23.7. The van der Waals surface area contributed by atoms with E-state index in [0.29, 0.717) is 0 Å². The zero-order valence-electron chi connectivity index (χ0n) is 13.7. The fourth-order valence-electron chi connectivity index (χ4n) is 3.22. The second kappa shape index (κ2) is 6.37. The molecule has 0 spiro atoms. The highest BCUT2D eigenvalue weighted by Gasteiger charge is 2.27. The minimum Gasteiger partial charge on any atom is -0.335 e. The summed E-state index contributed by atoms with van der Waals surface area (Å²) in [5.74, 6) is 0.123. The Balaban J connectivity index is 1.74. The molecule has 1 fully saturated rings. The first kappa shape index (κ1) is 15.4. The van der Waals surface area contributed by atoms with Gasteiger partial charge in [0, 0.05) is 50.2 Å². The third kappa shape index (κ3) is 2.61. The Bertz CT molecular complexity index is 847. The number of piperazine rings is 1. The van der Waals surface area contributed by atoms with Crippen LogP contribution in [0.15, 0.2) is 42.9 Å². The third-order valence-corrected chi connectivity index (χ3v) is 5.69. The van der Waals surface area contributed by atoms with E-state index in [1.165, 1.54) is 11.3 Å². The Kier molecular flexibility index (Phi) is 4.08. The van der Waals surface area contributed by atoms with Gasteiger partial charge >= 0.3 is 0 Å². The van der Waals surface area contributed by atoms with E-state index in [4.69, 9.17) is 0 Å². The Morgan fingerprint density at radius 2 is 1.92 bits per heavy atom. The quantitative estimate of drug-likeness (QED) is 0.736. The number of carbonyl (C=O) groups excluding carboxylic acids is 1. The van der Waals surface area contributed by atoms with Gasteiger partial charge in [0.1, 0.15) is 9.71 Å². The lowest BCUT2D eigenvalue weighted by molar-refractivity contribution is 0.0648. The number of thiophene rings is 1. The number of amides is 1. The van der Waals surface area contributed by atoms with Crippen molar-refractivity contribution in [2.45, 2.75) is 6.92 Å². The van der Waals surface area contributed by atoms with E-state index >= 15 is 0 Å². The molecule has 1 saturated heterocycles. The summed E-state index contributed by atoms with van der Waals surface area (Å²) >= 11 is 1.49. The lowest BCUT2D eigenvalue weighted by atomic mass is 10.2. The van der Waals surface area contributed by atoms with Crippen LogP contribution in [0.4, 0.5) is 0 Å². The molecule has 124 valence electrons. The number of likely N-dealkylation sites (N-methyl/N-ethyl adjacent to an activating group) is 1. The normalized spacial score (nSPS) is 16.0. The molecule has 1 aliphatic heterocycles. The van der Waals surface area contributed by atoms with Crippen molar-refractivity contribution in [1.29, 1.82) is 0 Å². The minimum atomic E-state index is 0.123. The fourth-order valence-corrected chi connectivity index (χ4v) is 4.33. The average Bonchev–Trinajstić information content (AvgIpc) is 3.28. The summed E-state index contributed by atoms with van der Waals surface area (Å²) in [5, 5.41) is 1.04. The summed E-state index contributed by atoms with van der Waals surface area (Å²) in [7, 11) is 0. The average molecular weight is 340 g/mol. The molecule has 6 heteroatoms. The zero-order valence-corrected chi connectivity index (χ0v) is 14.5. The largest absolute Gasteiger partial charge is 0.335 e. The molecule has 4 heterocycles. The van der Waals surface area contributed by atoms with E-state index in [0.717, 1.165) is 53.5 Å². The van der Waals surface area contributed by atoms with Gasteiger partial charge in [-0.05, 0) is 30.8 Å². The first-order valence-corrected chi connectivity index (χ1v) is 9.12. The van der Waals surface area contributed by atoms with E-state index in [2.05, 4.69) is 16.8 Å². The maximum atomic E-state index is 13.2. The van der Waals surface area contributed by atoms with Gasteiger partial charge in [-0.1, -0.05) is 6.92 Å². The summed E-state index contributed by atoms with van der Waals surface area (Å²) in [6.45, 7) is 6.69. The molecule has 0 aliphatic carbocycles. The standard InChI is InChI=1S/C18H20N4OS/c1-2-20-10-12-22(13-11-20)18(23)16-15(21-8-3-4-9-21)14-6-5-7-19-17(14)24-16/h3-9H,2,10-13H2,1H3. The van der Waals surface area contributed by atoms with Crippen LogP contribution in [-0.4, -0.2) is 58.0 Å². The van der Waals surface area contributed by atoms with Gasteiger partial charge in [-0.15, -0.1) is 11.3 Å². The lowest BCUT2D eigenvalue weighted by Crippen LogP contribution is -2.48. The molecule has 3 aromatic rings. The predicted octanol–water partition coefficient (Wildman–Crippen LogP) is 2.86. The number of hydrogen-bond acceptors (Lipinski definition) is 4. The van der Waals surface area contributed by atoms with Crippen LogP contribution >= 0.6 is 11.3 Å². The first-order valence-electron chi connectivity index (χ1n) is 8.30. The highest BCUT2D eigenvalue weighted by atomic mass is 32.1. The molecule has 0 N–H and O–H groups in total. The molecule has 0 atom stereocenters. The zero-order chi connectivity index (χ0) is 16.5. The minimum absolute atomic E-state index is 0.123. The van der Waals surface area contributed by atoms with Gasteiger partial charge in [-0.2, -0.15) is 0 Å². The van der Waals surface area contributed by atoms with Crippen LogP contribution in [0.3, 0.4) is 0 Å². The van der Waals surface area contributed by atoms with Gasteiger partial charge in [0.25, 0.3) is 5.91 Å². The van der Waals surface area contributed by atoms with Crippen molar-refractivity contribution in [3.05, 3.63) is 47.7 Å². The van der Waals surface area contributed by atoms with Crippen LogP contribution in [0.25, 0.3) is 15.9 Å². The number of pyridine rings is 1. The van der Waals surface area contributed by atoms with Crippen molar-refractivity contribution in [2.24, 2.45) is 0 Å². The number of nitrogens with zero attached hydrogens (tertiary/aromatic N) is 4. The monoisotopic (exact) mass is 340 g/mol. The Labute approximate surface area is 145 Å². The topological polar surface area (TPSA) is 41.4 Å². The van der Waals surface area contributed by atoms with Crippen LogP contribution in [0.5, 0.6) is 0 Å². The summed E-state index contributed by atoms with van der Waals surface area (Å²) in [6.07, 6.45) is 5.76. The smallest absolute Gasteiger partial charge is 0.266 e. The molecule has 1 aliphatic rings. The Morgan fingerprint density at radius 1 is 1.17 bits per heavy atom. The molecule has 0 aromatic carbocycles. The summed E-state index contributed by atoms with van der Waals surface area (Å²) < 4.78 is 2.02. The van der Waals surface area contributed by atoms with E-state index in [-0.39, 0.29) is 5.91 Å². The van der Waals surface area contributed by atoms with Crippen molar-refractivity contribution in [3.63, 3.8) is 0 Å². The van der Waals surface area contributed by atoms with E-state index in [9.17, 15) is 4.79 Å². The molecule has 24 heavy (non-hydrogen) atoms. The number of aromatic nitrogens is 2. The molecule has 0 saturated carbocycles. The number of fused-ring (bicyclic) bond motifs is 1. The molecular formula is C18H20N4OS. The van der Waals surface area contributed by atoms with E-state index in [1.54, 1.807) is 6.20 Å².